The van der Waals surface area contributed by atoms with Gasteiger partial charge in [0.05, 0.1) is 13.2 Å². The molecule has 0 fully saturated rings. The van der Waals surface area contributed by atoms with E-state index in [-0.39, 0.29) is 6.61 Å². The number of ether oxygens (including phenoxy) is 1. The highest BCUT2D eigenvalue weighted by atomic mass is 16.5. The smallest absolute Gasteiger partial charge is 0.337 e. The molecule has 66 valence electrons. The number of carbonyl (C=O) groups is 1. The third-order valence-electron chi connectivity index (χ3n) is 1.08. The number of aliphatic hydroxyl groups is 3. The van der Waals surface area contributed by atoms with Crippen molar-refractivity contribution >= 4 is 5.97 Å². The predicted octanol–water partition coefficient (Wildman–Crippen LogP) is -1.74. The lowest BCUT2D eigenvalue weighted by molar-refractivity contribution is -0.160. The van der Waals surface area contributed by atoms with Gasteiger partial charge in [-0.2, -0.15) is 0 Å². The van der Waals surface area contributed by atoms with E-state index in [1.54, 1.807) is 6.92 Å². The van der Waals surface area contributed by atoms with Crippen molar-refractivity contribution in [3.63, 3.8) is 0 Å². The van der Waals surface area contributed by atoms with Crippen molar-refractivity contribution in [2.24, 2.45) is 0 Å². The van der Waals surface area contributed by atoms with Gasteiger partial charge in [-0.05, 0) is 6.92 Å². The van der Waals surface area contributed by atoms with Crippen LogP contribution in [-0.4, -0.2) is 46.7 Å². The van der Waals surface area contributed by atoms with E-state index in [4.69, 9.17) is 15.3 Å². The van der Waals surface area contributed by atoms with E-state index in [1.165, 1.54) is 0 Å². The molecule has 0 aliphatic rings. The lowest BCUT2D eigenvalue weighted by Gasteiger charge is -2.13. The zero-order valence-corrected chi connectivity index (χ0v) is 6.23. The lowest BCUT2D eigenvalue weighted by Crippen LogP contribution is -2.37. The fourth-order valence-electron chi connectivity index (χ4n) is 0.485. The van der Waals surface area contributed by atoms with Crippen molar-refractivity contribution in [3.05, 3.63) is 0 Å². The summed E-state index contributed by atoms with van der Waals surface area (Å²) in [6.07, 6.45) is -3.12. The van der Waals surface area contributed by atoms with E-state index >= 15 is 0 Å². The van der Waals surface area contributed by atoms with Crippen molar-refractivity contribution < 1.29 is 24.9 Å². The first-order valence-electron chi connectivity index (χ1n) is 3.27. The minimum Gasteiger partial charge on any atom is -0.464 e. The number of hydrogen-bond donors (Lipinski definition) is 3. The van der Waals surface area contributed by atoms with Crippen LogP contribution in [0.25, 0.3) is 0 Å². The van der Waals surface area contributed by atoms with Crippen LogP contribution in [-0.2, 0) is 9.53 Å². The van der Waals surface area contributed by atoms with Gasteiger partial charge in [0.15, 0.2) is 6.10 Å². The fourth-order valence-corrected chi connectivity index (χ4v) is 0.485. The minimum atomic E-state index is -1.65. The van der Waals surface area contributed by atoms with Crippen LogP contribution in [0.2, 0.25) is 0 Å². The maximum absolute atomic E-state index is 10.6. The summed E-state index contributed by atoms with van der Waals surface area (Å²) in [5.74, 6) is -0.922. The van der Waals surface area contributed by atoms with Crippen molar-refractivity contribution in [1.29, 1.82) is 0 Å². The minimum absolute atomic E-state index is 0.133. The quantitative estimate of drug-likeness (QED) is 0.429. The Kier molecular flexibility index (Phi) is 4.76. The van der Waals surface area contributed by atoms with Crippen LogP contribution in [0.15, 0.2) is 0 Å². The molecule has 0 aromatic heterocycles. The molecule has 0 aliphatic carbocycles. The molecule has 0 spiro atoms. The van der Waals surface area contributed by atoms with Crippen LogP contribution in [0.5, 0.6) is 0 Å². The highest BCUT2D eigenvalue weighted by molar-refractivity contribution is 5.75. The largest absolute Gasteiger partial charge is 0.464 e. The van der Waals surface area contributed by atoms with Crippen molar-refractivity contribution in [2.45, 2.75) is 19.1 Å². The molecule has 0 aromatic carbocycles. The number of rotatable bonds is 4. The fraction of sp³-hybridized carbons (Fsp3) is 0.833. The topological polar surface area (TPSA) is 87.0 Å². The molecular formula is C6H12O5. The number of aliphatic hydroxyl groups excluding tert-OH is 3. The number of hydrogen-bond acceptors (Lipinski definition) is 5. The zero-order valence-electron chi connectivity index (χ0n) is 6.23. The van der Waals surface area contributed by atoms with Gasteiger partial charge in [0.1, 0.15) is 6.10 Å². The van der Waals surface area contributed by atoms with E-state index in [2.05, 4.69) is 4.74 Å². The third kappa shape index (κ3) is 3.31. The van der Waals surface area contributed by atoms with Gasteiger partial charge in [0.2, 0.25) is 0 Å². The molecule has 11 heavy (non-hydrogen) atoms. The molecule has 0 radical (unpaired) electrons. The van der Waals surface area contributed by atoms with Gasteiger partial charge >= 0.3 is 5.97 Å². The van der Waals surface area contributed by atoms with Crippen LogP contribution in [0.4, 0.5) is 0 Å². The molecule has 0 bridgehead atoms. The van der Waals surface area contributed by atoms with Gasteiger partial charge in [0.25, 0.3) is 0 Å². The Morgan fingerprint density at radius 1 is 1.55 bits per heavy atom. The monoisotopic (exact) mass is 164 g/mol. The van der Waals surface area contributed by atoms with Crippen LogP contribution in [0, 0.1) is 0 Å². The van der Waals surface area contributed by atoms with E-state index in [0.717, 1.165) is 0 Å². The molecule has 2 atom stereocenters. The van der Waals surface area contributed by atoms with Gasteiger partial charge in [-0.3, -0.25) is 0 Å². The maximum atomic E-state index is 10.6. The molecule has 3 N–H and O–H groups in total. The first-order valence-corrected chi connectivity index (χ1v) is 3.27. The SMILES string of the molecule is CCOC(=O)[C@@H](O)[C@H](O)CO. The summed E-state index contributed by atoms with van der Waals surface area (Å²) in [7, 11) is 0. The van der Waals surface area contributed by atoms with E-state index in [9.17, 15) is 4.79 Å². The van der Waals surface area contributed by atoms with E-state index < -0.39 is 24.8 Å². The van der Waals surface area contributed by atoms with Gasteiger partial charge in [0, 0.05) is 0 Å². The molecular weight excluding hydrogens is 152 g/mol. The third-order valence-corrected chi connectivity index (χ3v) is 1.08. The highest BCUT2D eigenvalue weighted by Gasteiger charge is 2.24. The molecule has 0 heterocycles. The Morgan fingerprint density at radius 2 is 2.09 bits per heavy atom. The maximum Gasteiger partial charge on any atom is 0.337 e. The van der Waals surface area contributed by atoms with E-state index in [0.29, 0.717) is 0 Å². The Morgan fingerprint density at radius 3 is 2.45 bits per heavy atom. The Labute approximate surface area is 64.2 Å². The first kappa shape index (κ1) is 10.3. The van der Waals surface area contributed by atoms with Gasteiger partial charge in [-0.25, -0.2) is 4.79 Å². The molecule has 0 rings (SSSR count). The second kappa shape index (κ2) is 5.06. The van der Waals surface area contributed by atoms with E-state index in [1.807, 2.05) is 0 Å². The predicted molar refractivity (Wildman–Crippen MR) is 35.7 cm³/mol. The van der Waals surface area contributed by atoms with Gasteiger partial charge < -0.3 is 20.1 Å². The van der Waals surface area contributed by atoms with Crippen molar-refractivity contribution in [2.75, 3.05) is 13.2 Å². The first-order chi connectivity index (χ1) is 5.13. The second-order valence-electron chi connectivity index (χ2n) is 1.95. The summed E-state index contributed by atoms with van der Waals surface area (Å²) >= 11 is 0. The molecule has 0 amide bonds. The van der Waals surface area contributed by atoms with Crippen LogP contribution in [0.3, 0.4) is 0 Å². The molecule has 0 aromatic rings. The highest BCUT2D eigenvalue weighted by Crippen LogP contribution is 1.95. The zero-order chi connectivity index (χ0) is 8.85. The normalized spacial score (nSPS) is 15.6. The average Bonchev–Trinajstić information content (AvgIpc) is 2.02. The van der Waals surface area contributed by atoms with Crippen molar-refractivity contribution in [1.82, 2.24) is 0 Å². The van der Waals surface area contributed by atoms with Gasteiger partial charge in [-0.15, -0.1) is 0 Å². The molecule has 0 aliphatic heterocycles. The summed E-state index contributed by atoms with van der Waals surface area (Å²) in [5, 5.41) is 25.9. The number of carbonyl (C=O) groups excluding carboxylic acids is 1. The Bertz CT molecular complexity index is 124. The summed E-state index contributed by atoms with van der Waals surface area (Å²) in [6.45, 7) is 1.05. The Balaban J connectivity index is 3.80. The molecule has 0 saturated carbocycles. The van der Waals surface area contributed by atoms with Crippen LogP contribution >= 0.6 is 0 Å². The summed E-state index contributed by atoms with van der Waals surface area (Å²) in [4.78, 5) is 10.6. The molecule has 5 nitrogen and oxygen atoms in total. The molecule has 0 unspecified atom stereocenters. The molecule has 5 heteroatoms. The summed E-state index contributed by atoms with van der Waals surface area (Å²) < 4.78 is 4.37. The van der Waals surface area contributed by atoms with Crippen LogP contribution in [0.1, 0.15) is 6.92 Å². The Hall–Kier alpha value is -0.650. The number of esters is 1. The lowest BCUT2D eigenvalue weighted by atomic mass is 10.2. The van der Waals surface area contributed by atoms with Gasteiger partial charge in [-0.1, -0.05) is 0 Å². The molecule has 0 saturated heterocycles. The second-order valence-corrected chi connectivity index (χ2v) is 1.95. The van der Waals surface area contributed by atoms with Crippen LogP contribution < -0.4 is 0 Å². The standard InChI is InChI=1S/C6H12O5/c1-2-11-6(10)5(9)4(8)3-7/h4-5,7-9H,2-3H2,1H3/t4-,5+/m1/s1. The summed E-state index contributed by atoms with van der Waals surface area (Å²) in [5.41, 5.74) is 0. The summed E-state index contributed by atoms with van der Waals surface area (Å²) in [6, 6.07) is 0. The average molecular weight is 164 g/mol. The van der Waals surface area contributed by atoms with Crippen molar-refractivity contribution in [3.8, 4) is 0 Å².